The van der Waals surface area contributed by atoms with Gasteiger partial charge in [0.15, 0.2) is 0 Å². The monoisotopic (exact) mass is 459 g/mol. The fourth-order valence-electron chi connectivity index (χ4n) is 2.51. The van der Waals surface area contributed by atoms with Crippen LogP contribution in [0.5, 0.6) is 5.75 Å². The van der Waals surface area contributed by atoms with Crippen LogP contribution in [0.4, 0.5) is 18.9 Å². The lowest BCUT2D eigenvalue weighted by molar-refractivity contribution is -0.123. The quantitative estimate of drug-likeness (QED) is 0.589. The minimum atomic E-state index is -4.56. The molecule has 2 amide bonds. The molecular weight excluding hydrogens is 439 g/mol. The average Bonchev–Trinajstić information content (AvgIpc) is 2.72. The first-order chi connectivity index (χ1) is 14.4. The molecule has 168 valence electrons. The van der Waals surface area contributed by atoms with E-state index in [9.17, 15) is 31.2 Å². The summed E-state index contributed by atoms with van der Waals surface area (Å²) in [4.78, 5) is 24.4. The Kier molecular flexibility index (Phi) is 7.28. The molecule has 0 fully saturated rings. The number of halogens is 3. The first-order valence-corrected chi connectivity index (χ1v) is 10.2. The fraction of sp³-hybridized carbons (Fsp3) is 0.263. The van der Waals surface area contributed by atoms with Gasteiger partial charge in [-0.05, 0) is 49.9 Å². The maximum atomic E-state index is 12.7. The molecule has 0 aliphatic rings. The van der Waals surface area contributed by atoms with Gasteiger partial charge >= 0.3 is 6.18 Å². The Morgan fingerprint density at radius 3 is 2.23 bits per heavy atom. The molecule has 0 unspecified atom stereocenters. The highest BCUT2D eigenvalue weighted by Crippen LogP contribution is 2.26. The van der Waals surface area contributed by atoms with Gasteiger partial charge in [0, 0.05) is 16.8 Å². The van der Waals surface area contributed by atoms with Crippen LogP contribution in [0.1, 0.15) is 26.3 Å². The molecule has 0 aliphatic heterocycles. The predicted octanol–water partition coefficient (Wildman–Crippen LogP) is 2.46. The molecule has 12 heteroatoms. The topological polar surface area (TPSA) is 114 Å². The van der Waals surface area contributed by atoms with E-state index < -0.39 is 34.6 Å². The van der Waals surface area contributed by atoms with Crippen LogP contribution < -0.4 is 20.1 Å². The smallest absolute Gasteiger partial charge is 0.405 e. The van der Waals surface area contributed by atoms with Gasteiger partial charge in [-0.15, -0.1) is 0 Å². The van der Waals surface area contributed by atoms with Crippen molar-refractivity contribution < 1.29 is 35.9 Å². The average molecular weight is 459 g/mol. The van der Waals surface area contributed by atoms with Crippen LogP contribution in [0.3, 0.4) is 0 Å². The van der Waals surface area contributed by atoms with Crippen LogP contribution >= 0.6 is 0 Å². The summed E-state index contributed by atoms with van der Waals surface area (Å²) in [5, 5.41) is 4.28. The van der Waals surface area contributed by atoms with Crippen molar-refractivity contribution in [2.45, 2.75) is 18.0 Å². The number of hydrogen-bond donors (Lipinski definition) is 3. The highest BCUT2D eigenvalue weighted by molar-refractivity contribution is 7.89. The number of amides is 2. The van der Waals surface area contributed by atoms with Crippen molar-refractivity contribution in [1.82, 2.24) is 10.0 Å². The highest BCUT2D eigenvalue weighted by Gasteiger charge is 2.28. The van der Waals surface area contributed by atoms with E-state index in [1.54, 1.807) is 12.2 Å². The van der Waals surface area contributed by atoms with Crippen LogP contribution in [-0.2, 0) is 10.0 Å². The lowest BCUT2D eigenvalue weighted by Crippen LogP contribution is -2.33. The van der Waals surface area contributed by atoms with E-state index in [0.717, 1.165) is 6.07 Å². The van der Waals surface area contributed by atoms with E-state index in [1.807, 2.05) is 0 Å². The number of nitrogens with one attached hydrogen (secondary N) is 3. The summed E-state index contributed by atoms with van der Waals surface area (Å²) in [6.45, 7) is 0.133. The lowest BCUT2D eigenvalue weighted by atomic mass is 10.1. The Hall–Kier alpha value is -3.12. The largest absolute Gasteiger partial charge is 0.495 e. The molecule has 0 saturated heterocycles. The van der Waals surface area contributed by atoms with Gasteiger partial charge in [0.2, 0.25) is 10.0 Å². The van der Waals surface area contributed by atoms with Crippen molar-refractivity contribution in [2.24, 2.45) is 0 Å². The molecule has 0 aliphatic carbocycles. The molecule has 0 spiro atoms. The third-order valence-corrected chi connectivity index (χ3v) is 5.62. The van der Waals surface area contributed by atoms with Gasteiger partial charge in [-0.2, -0.15) is 13.2 Å². The number of benzene rings is 2. The number of carbonyl (C=O) groups is 2. The zero-order valence-corrected chi connectivity index (χ0v) is 17.6. The van der Waals surface area contributed by atoms with Gasteiger partial charge in [-0.3, -0.25) is 9.59 Å². The van der Waals surface area contributed by atoms with Gasteiger partial charge in [-0.1, -0.05) is 6.07 Å². The molecule has 0 heterocycles. The van der Waals surface area contributed by atoms with E-state index in [0.29, 0.717) is 5.56 Å². The minimum Gasteiger partial charge on any atom is -0.495 e. The second-order valence-corrected chi connectivity index (χ2v) is 8.21. The molecular formula is C19H20F3N3O5S. The van der Waals surface area contributed by atoms with E-state index in [2.05, 4.69) is 10.0 Å². The molecule has 0 aromatic heterocycles. The molecule has 3 N–H and O–H groups in total. The summed E-state index contributed by atoms with van der Waals surface area (Å²) in [6, 6.07) is 7.79. The predicted molar refractivity (Wildman–Crippen MR) is 107 cm³/mol. The number of alkyl halides is 3. The van der Waals surface area contributed by atoms with E-state index in [1.165, 1.54) is 44.5 Å². The van der Waals surface area contributed by atoms with Gasteiger partial charge in [0.25, 0.3) is 11.8 Å². The van der Waals surface area contributed by atoms with Gasteiger partial charge < -0.3 is 15.4 Å². The third kappa shape index (κ3) is 6.18. The molecule has 0 atom stereocenters. The molecule has 0 bridgehead atoms. The van der Waals surface area contributed by atoms with Gasteiger partial charge in [0.1, 0.15) is 17.2 Å². The van der Waals surface area contributed by atoms with Crippen LogP contribution in [0, 0.1) is 6.92 Å². The normalized spacial score (nSPS) is 11.7. The van der Waals surface area contributed by atoms with Crippen LogP contribution in [0.25, 0.3) is 0 Å². The summed E-state index contributed by atoms with van der Waals surface area (Å²) in [7, 11) is -1.43. The van der Waals surface area contributed by atoms with Crippen molar-refractivity contribution in [3.05, 3.63) is 53.1 Å². The van der Waals surface area contributed by atoms with Crippen molar-refractivity contribution in [3.63, 3.8) is 0 Å². The second kappa shape index (κ2) is 9.35. The molecule has 0 saturated carbocycles. The first-order valence-electron chi connectivity index (χ1n) is 8.76. The molecule has 2 aromatic carbocycles. The number of methoxy groups -OCH3 is 1. The van der Waals surface area contributed by atoms with Gasteiger partial charge in [0.05, 0.1) is 7.11 Å². The number of ether oxygens (including phenoxy) is 1. The molecule has 2 aromatic rings. The van der Waals surface area contributed by atoms with Crippen molar-refractivity contribution in [2.75, 3.05) is 26.0 Å². The SMILES string of the molecule is CNS(=O)(=O)c1cc(C(=O)Nc2cc(C(=O)NCC(F)(F)F)ccc2C)ccc1OC. The number of carbonyl (C=O) groups excluding carboxylic acids is 2. The highest BCUT2D eigenvalue weighted by atomic mass is 32.2. The lowest BCUT2D eigenvalue weighted by Gasteiger charge is -2.13. The van der Waals surface area contributed by atoms with E-state index in [4.69, 9.17) is 4.74 Å². The van der Waals surface area contributed by atoms with Crippen LogP contribution in [0.15, 0.2) is 41.3 Å². The summed E-state index contributed by atoms with van der Waals surface area (Å²) in [6.07, 6.45) is -4.56. The maximum Gasteiger partial charge on any atom is 0.405 e. The number of hydrogen-bond acceptors (Lipinski definition) is 5. The Morgan fingerprint density at radius 2 is 1.65 bits per heavy atom. The standard InChI is InChI=1S/C19H20F3N3O5S/c1-11-4-5-12(17(26)24-10-19(20,21)22)8-14(11)25-18(27)13-6-7-15(30-3)16(9-13)31(28,29)23-2/h4-9,23H,10H2,1-3H3,(H,24,26)(H,25,27). The molecule has 0 radical (unpaired) electrons. The van der Waals surface area contributed by atoms with Crippen molar-refractivity contribution in [3.8, 4) is 5.75 Å². The Labute approximate surface area is 176 Å². The van der Waals surface area contributed by atoms with E-state index >= 15 is 0 Å². The van der Waals surface area contributed by atoms with Crippen molar-refractivity contribution >= 4 is 27.5 Å². The number of aryl methyl sites for hydroxylation is 1. The minimum absolute atomic E-state index is 0.0130. The van der Waals surface area contributed by atoms with E-state index in [-0.39, 0.29) is 27.5 Å². The Bertz CT molecular complexity index is 1100. The Morgan fingerprint density at radius 1 is 1.03 bits per heavy atom. The summed E-state index contributed by atoms with van der Waals surface area (Å²) < 4.78 is 68.4. The summed E-state index contributed by atoms with van der Waals surface area (Å²) in [5.74, 6) is -1.61. The first kappa shape index (κ1) is 24.2. The number of rotatable bonds is 7. The summed E-state index contributed by atoms with van der Waals surface area (Å²) in [5.41, 5.74) is 0.620. The third-order valence-electron chi connectivity index (χ3n) is 4.18. The second-order valence-electron chi connectivity index (χ2n) is 6.35. The number of sulfonamides is 1. The summed E-state index contributed by atoms with van der Waals surface area (Å²) >= 11 is 0. The molecule has 8 nitrogen and oxygen atoms in total. The van der Waals surface area contributed by atoms with Crippen LogP contribution in [0.2, 0.25) is 0 Å². The van der Waals surface area contributed by atoms with Gasteiger partial charge in [-0.25, -0.2) is 13.1 Å². The number of anilines is 1. The molecule has 2 rings (SSSR count). The van der Waals surface area contributed by atoms with Crippen molar-refractivity contribution in [1.29, 1.82) is 0 Å². The maximum absolute atomic E-state index is 12.7. The zero-order chi connectivity index (χ0) is 23.4. The fourth-order valence-corrected chi connectivity index (χ4v) is 3.43. The zero-order valence-electron chi connectivity index (χ0n) is 16.8. The molecule has 31 heavy (non-hydrogen) atoms. The van der Waals surface area contributed by atoms with Crippen LogP contribution in [-0.4, -0.2) is 47.1 Å². The Balaban J connectivity index is 2.30.